The normalized spacial score (nSPS) is 9.53. The zero-order valence-electron chi connectivity index (χ0n) is 8.10. The lowest BCUT2D eigenvalue weighted by Crippen LogP contribution is -2.03. The lowest BCUT2D eigenvalue weighted by atomic mass is 10.1. The van der Waals surface area contributed by atoms with E-state index in [9.17, 15) is 4.79 Å². The van der Waals surface area contributed by atoms with Gasteiger partial charge in [-0.05, 0) is 18.6 Å². The van der Waals surface area contributed by atoms with Crippen molar-refractivity contribution >= 4 is 29.2 Å². The van der Waals surface area contributed by atoms with Crippen LogP contribution in [0.5, 0.6) is 5.75 Å². The molecule has 0 radical (unpaired) electrons. The van der Waals surface area contributed by atoms with Crippen LogP contribution in [-0.2, 0) is 4.79 Å². The van der Waals surface area contributed by atoms with Gasteiger partial charge in [-0.25, -0.2) is 0 Å². The zero-order valence-corrected chi connectivity index (χ0v) is 9.61. The summed E-state index contributed by atoms with van der Waals surface area (Å²) in [5, 5.41) is 9.10. The molecule has 0 aliphatic heterocycles. The van der Waals surface area contributed by atoms with E-state index in [-0.39, 0.29) is 15.8 Å². The second-order valence-electron chi connectivity index (χ2n) is 2.88. The second kappa shape index (κ2) is 4.52. The summed E-state index contributed by atoms with van der Waals surface area (Å²) in [6.07, 6.45) is 0. The van der Waals surface area contributed by atoms with Crippen molar-refractivity contribution in [3.8, 4) is 11.8 Å². The SMILES string of the molecule is CC(=O)Oc1c(Cl)cc(C#N)c(C)c1Cl. The van der Waals surface area contributed by atoms with Crippen LogP contribution in [0, 0.1) is 18.3 Å². The van der Waals surface area contributed by atoms with Crippen LogP contribution in [-0.4, -0.2) is 5.97 Å². The van der Waals surface area contributed by atoms with Gasteiger partial charge in [-0.2, -0.15) is 5.26 Å². The molecule has 0 amide bonds. The largest absolute Gasteiger partial charge is 0.424 e. The molecule has 5 heteroatoms. The maximum absolute atomic E-state index is 10.8. The summed E-state index contributed by atoms with van der Waals surface area (Å²) in [5.74, 6) is -0.412. The maximum Gasteiger partial charge on any atom is 0.308 e. The predicted molar refractivity (Wildman–Crippen MR) is 57.2 cm³/mol. The van der Waals surface area contributed by atoms with Crippen LogP contribution in [0.4, 0.5) is 0 Å². The van der Waals surface area contributed by atoms with Gasteiger partial charge in [-0.15, -0.1) is 0 Å². The average molecular weight is 244 g/mol. The summed E-state index contributed by atoms with van der Waals surface area (Å²) in [5.41, 5.74) is 0.903. The van der Waals surface area contributed by atoms with Gasteiger partial charge in [-0.3, -0.25) is 4.79 Å². The van der Waals surface area contributed by atoms with Crippen LogP contribution in [0.3, 0.4) is 0 Å². The van der Waals surface area contributed by atoms with Crippen molar-refractivity contribution in [2.45, 2.75) is 13.8 Å². The molecule has 1 aromatic rings. The quantitative estimate of drug-likeness (QED) is 0.563. The molecule has 1 aromatic carbocycles. The Morgan fingerprint density at radius 3 is 2.60 bits per heavy atom. The number of benzene rings is 1. The summed E-state index contributed by atoms with van der Waals surface area (Å²) in [6.45, 7) is 2.91. The molecule has 0 atom stereocenters. The first kappa shape index (κ1) is 11.8. The number of hydrogen-bond donors (Lipinski definition) is 0. The van der Waals surface area contributed by atoms with E-state index in [1.165, 1.54) is 13.0 Å². The molecule has 1 rings (SSSR count). The van der Waals surface area contributed by atoms with E-state index in [0.29, 0.717) is 11.1 Å². The van der Waals surface area contributed by atoms with Gasteiger partial charge < -0.3 is 4.74 Å². The minimum Gasteiger partial charge on any atom is -0.424 e. The number of nitrogens with zero attached hydrogens (tertiary/aromatic N) is 1. The highest BCUT2D eigenvalue weighted by atomic mass is 35.5. The number of carbonyl (C=O) groups excluding carboxylic acids is 1. The number of esters is 1. The van der Waals surface area contributed by atoms with E-state index >= 15 is 0 Å². The van der Waals surface area contributed by atoms with Crippen molar-refractivity contribution in [3.63, 3.8) is 0 Å². The number of carbonyl (C=O) groups is 1. The number of hydrogen-bond acceptors (Lipinski definition) is 3. The van der Waals surface area contributed by atoms with Crippen molar-refractivity contribution in [3.05, 3.63) is 27.2 Å². The van der Waals surface area contributed by atoms with Crippen LogP contribution in [0.25, 0.3) is 0 Å². The monoisotopic (exact) mass is 243 g/mol. The highest BCUT2D eigenvalue weighted by molar-refractivity contribution is 6.38. The van der Waals surface area contributed by atoms with Crippen LogP contribution >= 0.6 is 23.2 Å². The lowest BCUT2D eigenvalue weighted by Gasteiger charge is -2.09. The van der Waals surface area contributed by atoms with Crippen molar-refractivity contribution < 1.29 is 9.53 Å². The van der Waals surface area contributed by atoms with E-state index in [0.717, 1.165) is 0 Å². The van der Waals surface area contributed by atoms with Gasteiger partial charge in [0.05, 0.1) is 21.7 Å². The Kier molecular flexibility index (Phi) is 3.57. The van der Waals surface area contributed by atoms with Crippen LogP contribution in [0.2, 0.25) is 10.0 Å². The Balaban J connectivity index is 3.37. The standard InChI is InChI=1S/C10H7Cl2NO2/c1-5-7(4-13)3-8(11)10(9(5)12)15-6(2)14/h3H,1-2H3. The Morgan fingerprint density at radius 2 is 2.13 bits per heavy atom. The Labute approximate surface area is 97.2 Å². The van der Waals surface area contributed by atoms with E-state index in [1.54, 1.807) is 6.92 Å². The molecule has 0 fully saturated rings. The van der Waals surface area contributed by atoms with E-state index < -0.39 is 5.97 Å². The number of nitriles is 1. The first-order valence-electron chi connectivity index (χ1n) is 4.04. The van der Waals surface area contributed by atoms with Gasteiger partial charge in [0.15, 0.2) is 5.75 Å². The second-order valence-corrected chi connectivity index (χ2v) is 3.66. The summed E-state index contributed by atoms with van der Waals surface area (Å²) >= 11 is 11.7. The van der Waals surface area contributed by atoms with Gasteiger partial charge in [0.1, 0.15) is 0 Å². The molecule has 0 aromatic heterocycles. The summed E-state index contributed by atoms with van der Waals surface area (Å²) in [7, 11) is 0. The van der Waals surface area contributed by atoms with Crippen LogP contribution in [0.15, 0.2) is 6.07 Å². The first-order chi connectivity index (χ1) is 6.97. The first-order valence-corrected chi connectivity index (χ1v) is 4.80. The lowest BCUT2D eigenvalue weighted by molar-refractivity contribution is -0.131. The molecule has 0 aliphatic rings. The molecular weight excluding hydrogens is 237 g/mol. The molecule has 0 bridgehead atoms. The van der Waals surface area contributed by atoms with E-state index in [2.05, 4.69) is 0 Å². The zero-order chi connectivity index (χ0) is 11.6. The molecule has 0 unspecified atom stereocenters. The van der Waals surface area contributed by atoms with Crippen LogP contribution < -0.4 is 4.74 Å². The predicted octanol–water partition coefficient (Wildman–Crippen LogP) is 3.10. The molecular formula is C10H7Cl2NO2. The third-order valence-corrected chi connectivity index (χ3v) is 2.52. The Hall–Kier alpha value is -1.24. The third kappa shape index (κ3) is 2.41. The minimum absolute atomic E-state index is 0.0994. The van der Waals surface area contributed by atoms with Crippen molar-refractivity contribution in [1.29, 1.82) is 5.26 Å². The smallest absolute Gasteiger partial charge is 0.308 e. The topological polar surface area (TPSA) is 50.1 Å². The molecule has 0 spiro atoms. The maximum atomic E-state index is 10.8. The highest BCUT2D eigenvalue weighted by Gasteiger charge is 2.15. The minimum atomic E-state index is -0.511. The number of ether oxygens (including phenoxy) is 1. The fourth-order valence-electron chi connectivity index (χ4n) is 1.05. The number of halogens is 2. The van der Waals surface area contributed by atoms with Gasteiger partial charge in [-0.1, -0.05) is 23.2 Å². The summed E-state index contributed by atoms with van der Waals surface area (Å²) in [4.78, 5) is 10.8. The fraction of sp³-hybridized carbons (Fsp3) is 0.200. The third-order valence-electron chi connectivity index (χ3n) is 1.79. The van der Waals surface area contributed by atoms with Gasteiger partial charge >= 0.3 is 5.97 Å². The van der Waals surface area contributed by atoms with Gasteiger partial charge in [0.25, 0.3) is 0 Å². The highest BCUT2D eigenvalue weighted by Crippen LogP contribution is 2.37. The molecule has 3 nitrogen and oxygen atoms in total. The molecule has 15 heavy (non-hydrogen) atoms. The molecule has 0 N–H and O–H groups in total. The van der Waals surface area contributed by atoms with Crippen LogP contribution in [0.1, 0.15) is 18.1 Å². The molecule has 0 saturated carbocycles. The van der Waals surface area contributed by atoms with Crippen molar-refractivity contribution in [2.24, 2.45) is 0 Å². The Bertz CT molecular complexity index is 463. The van der Waals surface area contributed by atoms with Gasteiger partial charge in [0.2, 0.25) is 0 Å². The van der Waals surface area contributed by atoms with Crippen molar-refractivity contribution in [2.75, 3.05) is 0 Å². The summed E-state index contributed by atoms with van der Waals surface area (Å²) < 4.78 is 4.84. The molecule has 0 saturated heterocycles. The molecule has 0 aliphatic carbocycles. The average Bonchev–Trinajstić information content (AvgIpc) is 2.18. The Morgan fingerprint density at radius 1 is 1.53 bits per heavy atom. The van der Waals surface area contributed by atoms with E-state index in [4.69, 9.17) is 33.2 Å². The van der Waals surface area contributed by atoms with Crippen molar-refractivity contribution in [1.82, 2.24) is 0 Å². The molecule has 0 heterocycles. The fourth-order valence-corrected chi connectivity index (χ4v) is 1.58. The van der Waals surface area contributed by atoms with Gasteiger partial charge in [0, 0.05) is 6.92 Å². The number of rotatable bonds is 1. The summed E-state index contributed by atoms with van der Waals surface area (Å²) in [6, 6.07) is 3.37. The molecule has 78 valence electrons. The van der Waals surface area contributed by atoms with E-state index in [1.807, 2.05) is 6.07 Å².